The van der Waals surface area contributed by atoms with E-state index < -0.39 is 17.6 Å². The molecule has 2 N–H and O–H groups in total. The average Bonchev–Trinajstić information content (AvgIpc) is 3.25. The number of pyridine rings is 1. The van der Waals surface area contributed by atoms with Crippen LogP contribution < -0.4 is 5.32 Å². The van der Waals surface area contributed by atoms with E-state index in [9.17, 15) is 13.6 Å². The summed E-state index contributed by atoms with van der Waals surface area (Å²) < 4.78 is 30.9. The van der Waals surface area contributed by atoms with Gasteiger partial charge in [0.05, 0.1) is 11.4 Å². The first-order valence-corrected chi connectivity index (χ1v) is 9.82. The summed E-state index contributed by atoms with van der Waals surface area (Å²) in [6.45, 7) is 0.696. The van der Waals surface area contributed by atoms with Crippen molar-refractivity contribution in [2.24, 2.45) is 0 Å². The monoisotopic (exact) mass is 470 g/mol. The number of H-pyrrole nitrogens is 1. The number of rotatable bonds is 5. The molecule has 1 amide bonds. The molecule has 0 saturated heterocycles. The van der Waals surface area contributed by atoms with E-state index in [1.54, 1.807) is 23.0 Å². The lowest BCUT2D eigenvalue weighted by molar-refractivity contribution is -0.120. The fraction of sp³-hybridized carbons (Fsp3) is 0.250. The Morgan fingerprint density at radius 3 is 2.90 bits per heavy atom. The fourth-order valence-corrected chi connectivity index (χ4v) is 4.15. The molecule has 0 aliphatic carbocycles. The smallest absolute Gasteiger partial charge is 0.226 e. The Labute approximate surface area is 187 Å². The zero-order valence-electron chi connectivity index (χ0n) is 15.6. The highest BCUT2D eigenvalue weighted by molar-refractivity contribution is 7.71. The molecule has 10 heteroatoms. The number of amides is 1. The van der Waals surface area contributed by atoms with Crippen molar-refractivity contribution in [1.29, 1.82) is 0 Å². The van der Waals surface area contributed by atoms with Gasteiger partial charge < -0.3 is 14.9 Å². The third-order valence-corrected chi connectivity index (χ3v) is 5.67. The molecule has 158 valence electrons. The average molecular weight is 471 g/mol. The van der Waals surface area contributed by atoms with Gasteiger partial charge in [-0.15, -0.1) is 12.4 Å². The maximum atomic E-state index is 14.4. The third kappa shape index (κ3) is 4.40. The molecule has 4 rings (SSSR count). The number of hydrogen-bond donors (Lipinski definition) is 2. The van der Waals surface area contributed by atoms with Crippen molar-refractivity contribution >= 4 is 42.1 Å². The highest BCUT2D eigenvalue weighted by Gasteiger charge is 2.31. The Bertz CT molecular complexity index is 1130. The van der Waals surface area contributed by atoms with Crippen LogP contribution in [0.4, 0.5) is 8.78 Å². The minimum atomic E-state index is -0.743. The number of aromatic amines is 1. The van der Waals surface area contributed by atoms with Crippen molar-refractivity contribution in [3.8, 4) is 0 Å². The predicted octanol–water partition coefficient (Wildman–Crippen LogP) is 4.49. The van der Waals surface area contributed by atoms with Crippen molar-refractivity contribution in [2.45, 2.75) is 31.8 Å². The Balaban J connectivity index is 0.00000256. The second kappa shape index (κ2) is 9.24. The molecule has 0 fully saturated rings. The summed E-state index contributed by atoms with van der Waals surface area (Å²) in [5.41, 5.74) is 2.30. The van der Waals surface area contributed by atoms with Gasteiger partial charge in [0.1, 0.15) is 11.6 Å². The van der Waals surface area contributed by atoms with Gasteiger partial charge in [0, 0.05) is 48.4 Å². The van der Waals surface area contributed by atoms with E-state index in [1.165, 1.54) is 12.1 Å². The number of imidazole rings is 1. The molecule has 1 aliphatic rings. The number of nitrogens with zero attached hydrogens (tertiary/aromatic N) is 2. The molecule has 5 nitrogen and oxygen atoms in total. The maximum absolute atomic E-state index is 14.4. The van der Waals surface area contributed by atoms with Crippen LogP contribution in [-0.4, -0.2) is 20.4 Å². The van der Waals surface area contributed by atoms with E-state index in [0.717, 1.165) is 11.3 Å². The summed E-state index contributed by atoms with van der Waals surface area (Å²) in [6, 6.07) is 6.04. The topological polar surface area (TPSA) is 62.7 Å². The van der Waals surface area contributed by atoms with Gasteiger partial charge in [-0.2, -0.15) is 0 Å². The van der Waals surface area contributed by atoms with E-state index in [0.29, 0.717) is 30.0 Å². The summed E-state index contributed by atoms with van der Waals surface area (Å²) in [5, 5.41) is 2.72. The van der Waals surface area contributed by atoms with Gasteiger partial charge in [-0.3, -0.25) is 9.78 Å². The van der Waals surface area contributed by atoms with Crippen molar-refractivity contribution < 1.29 is 13.6 Å². The summed E-state index contributed by atoms with van der Waals surface area (Å²) in [4.78, 5) is 19.4. The number of halogens is 4. The quantitative estimate of drug-likeness (QED) is 0.426. The van der Waals surface area contributed by atoms with Gasteiger partial charge in [-0.05, 0) is 42.4 Å². The maximum Gasteiger partial charge on any atom is 0.226 e. The van der Waals surface area contributed by atoms with Crippen molar-refractivity contribution in [1.82, 2.24) is 19.9 Å². The first-order chi connectivity index (χ1) is 13.9. The number of nitrogens with one attached hydrogen (secondary N) is 2. The highest BCUT2D eigenvalue weighted by Crippen LogP contribution is 2.36. The number of benzene rings is 1. The molecule has 30 heavy (non-hydrogen) atoms. The molecule has 1 unspecified atom stereocenters. The molecule has 3 heterocycles. The molecular formula is C20H18Cl2F2N4OS. The zero-order valence-corrected chi connectivity index (χ0v) is 18.0. The molecule has 1 aliphatic heterocycles. The van der Waals surface area contributed by atoms with Gasteiger partial charge in [0.2, 0.25) is 5.91 Å². The number of hydrogen-bond acceptors (Lipinski definition) is 3. The molecule has 0 saturated carbocycles. The normalized spacial score (nSPS) is 14.8. The summed E-state index contributed by atoms with van der Waals surface area (Å²) in [6.07, 6.45) is 3.81. The lowest BCUT2D eigenvalue weighted by Gasteiger charge is -2.13. The first kappa shape index (κ1) is 22.4. The van der Waals surface area contributed by atoms with Gasteiger partial charge in [-0.1, -0.05) is 17.7 Å². The second-order valence-electron chi connectivity index (χ2n) is 6.94. The molecule has 0 spiro atoms. The number of fused-ring (bicyclic) bond motifs is 1. The van der Waals surface area contributed by atoms with Crippen LogP contribution in [0.25, 0.3) is 0 Å². The van der Waals surface area contributed by atoms with Gasteiger partial charge in [-0.25, -0.2) is 8.78 Å². The SMILES string of the molecule is Cl.O=C(Cc1[nH]c(=S)n2c1CC(c1c(F)ccc(Cl)c1F)C2)NCc1cccnc1. The zero-order chi connectivity index (χ0) is 20.5. The first-order valence-electron chi connectivity index (χ1n) is 9.03. The Morgan fingerprint density at radius 2 is 2.17 bits per heavy atom. The Hall–Kier alpha value is -2.29. The van der Waals surface area contributed by atoms with Crippen LogP contribution in [0.2, 0.25) is 5.02 Å². The van der Waals surface area contributed by atoms with Crippen LogP contribution in [0.5, 0.6) is 0 Å². The van der Waals surface area contributed by atoms with E-state index in [4.69, 9.17) is 23.8 Å². The van der Waals surface area contributed by atoms with Gasteiger partial charge in [0.25, 0.3) is 0 Å². The highest BCUT2D eigenvalue weighted by atomic mass is 35.5. The van der Waals surface area contributed by atoms with E-state index >= 15 is 0 Å². The second-order valence-corrected chi connectivity index (χ2v) is 7.73. The molecule has 0 radical (unpaired) electrons. The Kier molecular flexibility index (Phi) is 6.90. The molecule has 1 atom stereocenters. The standard InChI is InChI=1S/C20H17ClF2N4OS.ClH/c21-13-3-4-14(22)18(19(13)23)12-6-16-15(26-20(29)27(16)10-12)7-17(28)25-9-11-2-1-5-24-8-11;/h1-5,8,12H,6-7,9-10H2,(H,25,28)(H,26,29);1H. The van der Waals surface area contributed by atoms with E-state index in [2.05, 4.69) is 15.3 Å². The minimum Gasteiger partial charge on any atom is -0.352 e. The van der Waals surface area contributed by atoms with Crippen molar-refractivity contribution in [2.75, 3.05) is 0 Å². The third-order valence-electron chi connectivity index (χ3n) is 5.06. The fourth-order valence-electron chi connectivity index (χ4n) is 3.68. The van der Waals surface area contributed by atoms with Gasteiger partial charge >= 0.3 is 0 Å². The number of aromatic nitrogens is 3. The summed E-state index contributed by atoms with van der Waals surface area (Å²) in [7, 11) is 0. The largest absolute Gasteiger partial charge is 0.352 e. The Morgan fingerprint density at radius 1 is 1.37 bits per heavy atom. The number of carbonyl (C=O) groups excluding carboxylic acids is 1. The number of carbonyl (C=O) groups is 1. The van der Waals surface area contributed by atoms with Crippen molar-refractivity contribution in [3.63, 3.8) is 0 Å². The molecule has 3 aromatic rings. The molecule has 2 aromatic heterocycles. The summed E-state index contributed by atoms with van der Waals surface area (Å²) >= 11 is 11.2. The van der Waals surface area contributed by atoms with E-state index in [-0.39, 0.29) is 35.3 Å². The molecule has 0 bridgehead atoms. The summed E-state index contributed by atoms with van der Waals surface area (Å²) in [5.74, 6) is -1.99. The van der Waals surface area contributed by atoms with Crippen LogP contribution >= 0.6 is 36.2 Å². The lowest BCUT2D eigenvalue weighted by Crippen LogP contribution is -2.25. The van der Waals surface area contributed by atoms with Crippen LogP contribution in [-0.2, 0) is 30.7 Å². The molecule has 1 aromatic carbocycles. The molecular weight excluding hydrogens is 453 g/mol. The van der Waals surface area contributed by atoms with Crippen molar-refractivity contribution in [3.05, 3.63) is 80.6 Å². The minimum absolute atomic E-state index is 0. The van der Waals surface area contributed by atoms with Crippen LogP contribution in [0.15, 0.2) is 36.7 Å². The van der Waals surface area contributed by atoms with Gasteiger partial charge in [0.15, 0.2) is 4.77 Å². The van der Waals surface area contributed by atoms with Crippen LogP contribution in [0, 0.1) is 16.4 Å². The van der Waals surface area contributed by atoms with Crippen LogP contribution in [0.3, 0.4) is 0 Å². The van der Waals surface area contributed by atoms with E-state index in [1.807, 2.05) is 6.07 Å². The van der Waals surface area contributed by atoms with Crippen LogP contribution in [0.1, 0.15) is 28.4 Å². The predicted molar refractivity (Wildman–Crippen MR) is 114 cm³/mol. The lowest BCUT2D eigenvalue weighted by atomic mass is 9.95.